The van der Waals surface area contributed by atoms with Crippen LogP contribution >= 0.6 is 0 Å². The Morgan fingerprint density at radius 2 is 1.41 bits per heavy atom. The van der Waals surface area contributed by atoms with Crippen molar-refractivity contribution in [1.82, 2.24) is 10.2 Å². The van der Waals surface area contributed by atoms with Crippen LogP contribution < -0.4 is 10.6 Å². The molecule has 1 aromatic heterocycles. The van der Waals surface area contributed by atoms with Crippen molar-refractivity contribution in [3.05, 3.63) is 83.9 Å². The number of aryl methyl sites for hydroxylation is 1. The SMILES string of the molecule is Cc1cccc(NC(=O)Nc2ccc(-c3nnc(-c4ccccc4)o3)cc2)c1C. The van der Waals surface area contributed by atoms with E-state index in [1.54, 1.807) is 12.1 Å². The maximum Gasteiger partial charge on any atom is 0.323 e. The quantitative estimate of drug-likeness (QED) is 0.475. The molecular weight excluding hydrogens is 364 g/mol. The summed E-state index contributed by atoms with van der Waals surface area (Å²) in [6, 6.07) is 22.4. The van der Waals surface area contributed by atoms with Gasteiger partial charge in [0.2, 0.25) is 11.8 Å². The Labute approximate surface area is 168 Å². The highest BCUT2D eigenvalue weighted by Crippen LogP contribution is 2.25. The van der Waals surface area contributed by atoms with E-state index in [2.05, 4.69) is 20.8 Å². The number of amides is 2. The largest absolute Gasteiger partial charge is 0.416 e. The molecule has 2 amide bonds. The minimum absolute atomic E-state index is 0.296. The molecule has 4 aromatic rings. The van der Waals surface area contributed by atoms with Crippen molar-refractivity contribution in [3.8, 4) is 22.9 Å². The van der Waals surface area contributed by atoms with E-state index in [-0.39, 0.29) is 6.03 Å². The van der Waals surface area contributed by atoms with Crippen LogP contribution in [0.1, 0.15) is 11.1 Å². The first-order valence-electron chi connectivity index (χ1n) is 9.24. The van der Waals surface area contributed by atoms with Crippen molar-refractivity contribution in [3.63, 3.8) is 0 Å². The third kappa shape index (κ3) is 4.16. The normalized spacial score (nSPS) is 10.6. The van der Waals surface area contributed by atoms with Gasteiger partial charge in [0.15, 0.2) is 0 Å². The molecule has 0 unspecified atom stereocenters. The molecule has 0 bridgehead atoms. The average Bonchev–Trinajstić information content (AvgIpc) is 3.23. The summed E-state index contributed by atoms with van der Waals surface area (Å²) in [6.45, 7) is 3.99. The van der Waals surface area contributed by atoms with E-state index in [4.69, 9.17) is 4.42 Å². The average molecular weight is 384 g/mol. The number of carbonyl (C=O) groups excluding carboxylic acids is 1. The molecule has 0 fully saturated rings. The van der Waals surface area contributed by atoms with Crippen LogP contribution in [-0.2, 0) is 0 Å². The summed E-state index contributed by atoms with van der Waals surface area (Å²) >= 11 is 0. The fourth-order valence-corrected chi connectivity index (χ4v) is 2.90. The fraction of sp³-hybridized carbons (Fsp3) is 0.0870. The highest BCUT2D eigenvalue weighted by Gasteiger charge is 2.11. The third-order valence-electron chi connectivity index (χ3n) is 4.69. The molecule has 0 aliphatic heterocycles. The van der Waals surface area contributed by atoms with E-state index in [0.29, 0.717) is 17.5 Å². The van der Waals surface area contributed by atoms with Crippen molar-refractivity contribution in [2.24, 2.45) is 0 Å². The molecular formula is C23H20N4O2. The van der Waals surface area contributed by atoms with Crippen LogP contribution in [0.5, 0.6) is 0 Å². The van der Waals surface area contributed by atoms with E-state index >= 15 is 0 Å². The lowest BCUT2D eigenvalue weighted by atomic mass is 10.1. The number of urea groups is 1. The molecule has 0 spiro atoms. The summed E-state index contributed by atoms with van der Waals surface area (Å²) in [7, 11) is 0. The van der Waals surface area contributed by atoms with Crippen LogP contribution in [0, 0.1) is 13.8 Å². The summed E-state index contributed by atoms with van der Waals surface area (Å²) < 4.78 is 5.76. The van der Waals surface area contributed by atoms with Crippen LogP contribution in [0.25, 0.3) is 22.9 Å². The van der Waals surface area contributed by atoms with E-state index in [1.807, 2.05) is 74.5 Å². The summed E-state index contributed by atoms with van der Waals surface area (Å²) in [6.07, 6.45) is 0. The second-order valence-corrected chi connectivity index (χ2v) is 6.68. The molecule has 29 heavy (non-hydrogen) atoms. The molecule has 0 aliphatic rings. The second-order valence-electron chi connectivity index (χ2n) is 6.68. The zero-order valence-corrected chi connectivity index (χ0v) is 16.1. The van der Waals surface area contributed by atoms with Gasteiger partial charge in [0.05, 0.1) is 0 Å². The van der Waals surface area contributed by atoms with Crippen LogP contribution in [0.2, 0.25) is 0 Å². The number of hydrogen-bond donors (Lipinski definition) is 2. The Balaban J connectivity index is 1.44. The molecule has 6 nitrogen and oxygen atoms in total. The lowest BCUT2D eigenvalue weighted by molar-refractivity contribution is 0.262. The van der Waals surface area contributed by atoms with Crippen molar-refractivity contribution >= 4 is 17.4 Å². The minimum atomic E-state index is -0.296. The fourth-order valence-electron chi connectivity index (χ4n) is 2.90. The molecule has 3 aromatic carbocycles. The standard InChI is InChI=1S/C23H20N4O2/c1-15-7-6-10-20(16(15)2)25-23(28)24-19-13-11-18(12-14-19)22-27-26-21(29-22)17-8-4-3-5-9-17/h3-14H,1-2H3,(H2,24,25,28). The van der Waals surface area contributed by atoms with Gasteiger partial charge in [-0.2, -0.15) is 0 Å². The predicted octanol–water partition coefficient (Wildman–Crippen LogP) is 5.66. The summed E-state index contributed by atoms with van der Waals surface area (Å²) in [5.74, 6) is 0.894. The lowest BCUT2D eigenvalue weighted by Crippen LogP contribution is -2.20. The number of rotatable bonds is 4. The van der Waals surface area contributed by atoms with Gasteiger partial charge in [0.25, 0.3) is 0 Å². The number of anilines is 2. The van der Waals surface area contributed by atoms with Gasteiger partial charge in [-0.3, -0.25) is 0 Å². The number of nitrogens with one attached hydrogen (secondary N) is 2. The van der Waals surface area contributed by atoms with E-state index in [0.717, 1.165) is 27.9 Å². The van der Waals surface area contributed by atoms with E-state index in [9.17, 15) is 4.79 Å². The highest BCUT2D eigenvalue weighted by atomic mass is 16.4. The third-order valence-corrected chi connectivity index (χ3v) is 4.69. The minimum Gasteiger partial charge on any atom is -0.416 e. The molecule has 0 saturated carbocycles. The maximum atomic E-state index is 12.3. The number of carbonyl (C=O) groups is 1. The van der Waals surface area contributed by atoms with Crippen molar-refractivity contribution < 1.29 is 9.21 Å². The summed E-state index contributed by atoms with van der Waals surface area (Å²) in [5.41, 5.74) is 5.27. The van der Waals surface area contributed by atoms with E-state index < -0.39 is 0 Å². The topological polar surface area (TPSA) is 80.0 Å². The molecule has 144 valence electrons. The van der Waals surface area contributed by atoms with Gasteiger partial charge in [0, 0.05) is 22.5 Å². The highest BCUT2D eigenvalue weighted by molar-refractivity contribution is 6.00. The summed E-state index contributed by atoms with van der Waals surface area (Å²) in [5, 5.41) is 13.9. The summed E-state index contributed by atoms with van der Waals surface area (Å²) in [4.78, 5) is 12.3. The number of hydrogen-bond acceptors (Lipinski definition) is 4. The van der Waals surface area contributed by atoms with Crippen molar-refractivity contribution in [2.45, 2.75) is 13.8 Å². The molecule has 6 heteroatoms. The Morgan fingerprint density at radius 3 is 2.10 bits per heavy atom. The molecule has 0 atom stereocenters. The number of aromatic nitrogens is 2. The number of benzene rings is 3. The van der Waals surface area contributed by atoms with Crippen LogP contribution in [-0.4, -0.2) is 16.2 Å². The zero-order chi connectivity index (χ0) is 20.2. The molecule has 4 rings (SSSR count). The zero-order valence-electron chi connectivity index (χ0n) is 16.1. The Bertz CT molecular complexity index is 1140. The first-order valence-corrected chi connectivity index (χ1v) is 9.24. The smallest absolute Gasteiger partial charge is 0.323 e. The van der Waals surface area contributed by atoms with Crippen LogP contribution in [0.4, 0.5) is 16.2 Å². The lowest BCUT2D eigenvalue weighted by Gasteiger charge is -2.11. The molecule has 1 heterocycles. The van der Waals surface area contributed by atoms with Crippen molar-refractivity contribution in [2.75, 3.05) is 10.6 Å². The molecule has 0 saturated heterocycles. The monoisotopic (exact) mass is 384 g/mol. The van der Waals surface area contributed by atoms with Crippen LogP contribution in [0.3, 0.4) is 0 Å². The molecule has 2 N–H and O–H groups in total. The maximum absolute atomic E-state index is 12.3. The first-order chi connectivity index (χ1) is 14.1. The van der Waals surface area contributed by atoms with Gasteiger partial charge in [-0.15, -0.1) is 10.2 Å². The first kappa shape index (κ1) is 18.4. The molecule has 0 aliphatic carbocycles. The Kier molecular flexibility index (Phi) is 5.07. The van der Waals surface area contributed by atoms with Gasteiger partial charge < -0.3 is 15.1 Å². The molecule has 0 radical (unpaired) electrons. The van der Waals surface area contributed by atoms with Crippen molar-refractivity contribution in [1.29, 1.82) is 0 Å². The van der Waals surface area contributed by atoms with Gasteiger partial charge >= 0.3 is 6.03 Å². The van der Waals surface area contributed by atoms with Gasteiger partial charge in [0.1, 0.15) is 0 Å². The van der Waals surface area contributed by atoms with Gasteiger partial charge in [-0.1, -0.05) is 30.3 Å². The predicted molar refractivity (Wildman–Crippen MR) is 114 cm³/mol. The van der Waals surface area contributed by atoms with Gasteiger partial charge in [-0.25, -0.2) is 4.79 Å². The second kappa shape index (κ2) is 7.98. The number of nitrogens with zero attached hydrogens (tertiary/aromatic N) is 2. The van der Waals surface area contributed by atoms with E-state index in [1.165, 1.54) is 0 Å². The Morgan fingerprint density at radius 1 is 0.759 bits per heavy atom. The Hall–Kier alpha value is -3.93. The van der Waals surface area contributed by atoms with Crippen LogP contribution in [0.15, 0.2) is 77.2 Å². The van der Waals surface area contributed by atoms with Gasteiger partial charge in [-0.05, 0) is 67.4 Å².